The molecule has 0 saturated carbocycles. The number of carbonyl (C=O) groups is 1. The van der Waals surface area contributed by atoms with Gasteiger partial charge in [-0.2, -0.15) is 0 Å². The molecule has 1 aromatic carbocycles. The van der Waals surface area contributed by atoms with Gasteiger partial charge in [-0.1, -0.05) is 16.8 Å². The van der Waals surface area contributed by atoms with E-state index in [0.29, 0.717) is 0 Å². The Balaban J connectivity index is 2.61. The zero-order chi connectivity index (χ0) is 12.6. The summed E-state index contributed by atoms with van der Waals surface area (Å²) in [4.78, 5) is 10.8. The second-order valence-electron chi connectivity index (χ2n) is 3.34. The molecule has 7 heteroatoms. The summed E-state index contributed by atoms with van der Waals surface area (Å²) in [6, 6.07) is 3.74. The Morgan fingerprint density at radius 3 is 2.82 bits per heavy atom. The topological polar surface area (TPSA) is 68.0 Å². The van der Waals surface area contributed by atoms with Gasteiger partial charge in [0.2, 0.25) is 0 Å². The van der Waals surface area contributed by atoms with Crippen molar-refractivity contribution in [3.63, 3.8) is 0 Å². The lowest BCUT2D eigenvalue weighted by atomic mass is 10.3. The van der Waals surface area contributed by atoms with Gasteiger partial charge in [-0.15, -0.1) is 5.10 Å². The fourth-order valence-corrected chi connectivity index (χ4v) is 1.60. The Morgan fingerprint density at radius 2 is 2.24 bits per heavy atom. The molecule has 88 valence electrons. The van der Waals surface area contributed by atoms with E-state index in [1.807, 2.05) is 0 Å². The van der Waals surface area contributed by atoms with Crippen molar-refractivity contribution in [1.82, 2.24) is 15.0 Å². The molecule has 0 bridgehead atoms. The van der Waals surface area contributed by atoms with Crippen LogP contribution < -0.4 is 0 Å². The highest BCUT2D eigenvalue weighted by molar-refractivity contribution is 6.32. The molecule has 0 radical (unpaired) electrons. The molecule has 2 rings (SSSR count). The molecule has 1 heterocycles. The van der Waals surface area contributed by atoms with E-state index >= 15 is 0 Å². The molecular weight excluding hydrogens is 249 g/mol. The number of carboxylic acids is 1. The van der Waals surface area contributed by atoms with Crippen LogP contribution in [0.2, 0.25) is 5.02 Å². The minimum absolute atomic E-state index is 0.190. The summed E-state index contributed by atoms with van der Waals surface area (Å²) in [5, 5.41) is 16.2. The predicted octanol–water partition coefficient (Wildman–Crippen LogP) is 2.07. The lowest BCUT2D eigenvalue weighted by Gasteiger charge is -2.05. The first-order chi connectivity index (χ1) is 8.00. The van der Waals surface area contributed by atoms with Crippen molar-refractivity contribution in [2.24, 2.45) is 0 Å². The van der Waals surface area contributed by atoms with Gasteiger partial charge in [0.15, 0.2) is 5.69 Å². The first-order valence-electron chi connectivity index (χ1n) is 4.61. The first kappa shape index (κ1) is 11.5. The SMILES string of the molecule is Cc1c(C(=O)O)nnn1-c1cc(F)ccc1Cl. The standard InChI is InChI=1S/C10H7ClFN3O2/c1-5-9(10(16)17)13-14-15(5)8-4-6(12)2-3-7(8)11/h2-4H,1H3,(H,16,17). The van der Waals surface area contributed by atoms with Gasteiger partial charge in [-0.3, -0.25) is 0 Å². The second kappa shape index (κ2) is 4.14. The normalized spacial score (nSPS) is 10.5. The maximum Gasteiger partial charge on any atom is 0.358 e. The third-order valence-corrected chi connectivity index (χ3v) is 2.55. The van der Waals surface area contributed by atoms with Crippen molar-refractivity contribution < 1.29 is 14.3 Å². The maximum atomic E-state index is 13.1. The molecule has 0 amide bonds. The van der Waals surface area contributed by atoms with Crippen LogP contribution in [0, 0.1) is 12.7 Å². The van der Waals surface area contributed by atoms with Crippen LogP contribution in [0.25, 0.3) is 5.69 Å². The minimum Gasteiger partial charge on any atom is -0.476 e. The summed E-state index contributed by atoms with van der Waals surface area (Å²) in [6.07, 6.45) is 0. The third-order valence-electron chi connectivity index (χ3n) is 2.23. The molecule has 0 aliphatic carbocycles. The van der Waals surface area contributed by atoms with E-state index in [1.165, 1.54) is 23.7 Å². The molecule has 0 fully saturated rings. The summed E-state index contributed by atoms with van der Waals surface area (Å²) in [7, 11) is 0. The van der Waals surface area contributed by atoms with Crippen LogP contribution in [0.1, 0.15) is 16.2 Å². The number of hydrogen-bond acceptors (Lipinski definition) is 3. The van der Waals surface area contributed by atoms with Crippen LogP contribution in [0.15, 0.2) is 18.2 Å². The van der Waals surface area contributed by atoms with Crippen molar-refractivity contribution in [3.05, 3.63) is 40.4 Å². The van der Waals surface area contributed by atoms with Crippen LogP contribution in [0.4, 0.5) is 4.39 Å². The van der Waals surface area contributed by atoms with Gasteiger partial charge in [-0.05, 0) is 19.1 Å². The van der Waals surface area contributed by atoms with Crippen LogP contribution in [0.5, 0.6) is 0 Å². The van der Waals surface area contributed by atoms with E-state index in [9.17, 15) is 9.18 Å². The van der Waals surface area contributed by atoms with Crippen LogP contribution in [0.3, 0.4) is 0 Å². The molecule has 5 nitrogen and oxygen atoms in total. The van der Waals surface area contributed by atoms with E-state index < -0.39 is 11.8 Å². The van der Waals surface area contributed by atoms with Crippen molar-refractivity contribution in [1.29, 1.82) is 0 Å². The highest BCUT2D eigenvalue weighted by Gasteiger charge is 2.17. The van der Waals surface area contributed by atoms with Gasteiger partial charge in [-0.25, -0.2) is 13.9 Å². The molecule has 2 aromatic rings. The van der Waals surface area contributed by atoms with Crippen molar-refractivity contribution in [2.75, 3.05) is 0 Å². The van der Waals surface area contributed by atoms with E-state index in [4.69, 9.17) is 16.7 Å². The summed E-state index contributed by atoms with van der Waals surface area (Å²) in [6.45, 7) is 1.52. The van der Waals surface area contributed by atoms with Crippen LogP contribution in [-0.4, -0.2) is 26.1 Å². The molecule has 0 atom stereocenters. The Kier molecular flexibility index (Phi) is 2.81. The Hall–Kier alpha value is -1.95. The highest BCUT2D eigenvalue weighted by atomic mass is 35.5. The molecule has 0 unspecified atom stereocenters. The number of carboxylic acid groups (broad SMARTS) is 1. The van der Waals surface area contributed by atoms with E-state index in [-0.39, 0.29) is 22.1 Å². The van der Waals surface area contributed by atoms with Crippen LogP contribution in [-0.2, 0) is 0 Å². The molecule has 1 aromatic heterocycles. The lowest BCUT2D eigenvalue weighted by Crippen LogP contribution is -2.03. The Bertz CT molecular complexity index is 597. The summed E-state index contributed by atoms with van der Waals surface area (Å²) in [5.41, 5.74) is 0.347. The van der Waals surface area contributed by atoms with Crippen molar-refractivity contribution >= 4 is 17.6 Å². The largest absolute Gasteiger partial charge is 0.476 e. The molecule has 0 spiro atoms. The minimum atomic E-state index is -1.19. The zero-order valence-electron chi connectivity index (χ0n) is 8.69. The van der Waals surface area contributed by atoms with E-state index in [0.717, 1.165) is 6.07 Å². The highest BCUT2D eigenvalue weighted by Crippen LogP contribution is 2.22. The van der Waals surface area contributed by atoms with Crippen molar-refractivity contribution in [3.8, 4) is 5.69 Å². The first-order valence-corrected chi connectivity index (χ1v) is 4.99. The van der Waals surface area contributed by atoms with Gasteiger partial charge in [0.1, 0.15) is 5.82 Å². The van der Waals surface area contributed by atoms with E-state index in [1.54, 1.807) is 0 Å². The zero-order valence-corrected chi connectivity index (χ0v) is 9.44. The monoisotopic (exact) mass is 255 g/mol. The van der Waals surface area contributed by atoms with Gasteiger partial charge in [0.05, 0.1) is 16.4 Å². The second-order valence-corrected chi connectivity index (χ2v) is 3.74. The molecule has 0 aliphatic rings. The number of halogens is 2. The molecule has 0 aliphatic heterocycles. The fraction of sp³-hybridized carbons (Fsp3) is 0.100. The maximum absolute atomic E-state index is 13.1. The van der Waals surface area contributed by atoms with Gasteiger partial charge in [0, 0.05) is 6.07 Å². The number of hydrogen-bond donors (Lipinski definition) is 1. The number of rotatable bonds is 2. The summed E-state index contributed by atoms with van der Waals surface area (Å²) in [5.74, 6) is -1.68. The van der Waals surface area contributed by atoms with Gasteiger partial charge < -0.3 is 5.11 Å². The van der Waals surface area contributed by atoms with E-state index in [2.05, 4.69) is 10.3 Å². The Labute approximate surface area is 100 Å². The van der Waals surface area contributed by atoms with Gasteiger partial charge >= 0.3 is 5.97 Å². The van der Waals surface area contributed by atoms with Crippen molar-refractivity contribution in [2.45, 2.75) is 6.92 Å². The molecule has 1 N–H and O–H groups in total. The summed E-state index contributed by atoms with van der Waals surface area (Å²) < 4.78 is 14.3. The number of aromatic nitrogens is 3. The summed E-state index contributed by atoms with van der Waals surface area (Å²) >= 11 is 5.89. The van der Waals surface area contributed by atoms with Gasteiger partial charge in [0.25, 0.3) is 0 Å². The number of benzene rings is 1. The quantitative estimate of drug-likeness (QED) is 0.892. The Morgan fingerprint density at radius 1 is 1.53 bits per heavy atom. The number of nitrogens with zero attached hydrogens (tertiary/aromatic N) is 3. The smallest absolute Gasteiger partial charge is 0.358 e. The molecular formula is C10H7ClFN3O2. The average Bonchev–Trinajstić information content (AvgIpc) is 2.64. The average molecular weight is 256 g/mol. The third kappa shape index (κ3) is 1.99. The molecule has 0 saturated heterocycles. The molecule has 17 heavy (non-hydrogen) atoms. The fourth-order valence-electron chi connectivity index (χ4n) is 1.40. The predicted molar refractivity (Wildman–Crippen MR) is 58.0 cm³/mol. The lowest BCUT2D eigenvalue weighted by molar-refractivity contribution is 0.0689. The van der Waals surface area contributed by atoms with Crippen LogP contribution >= 0.6 is 11.6 Å². The number of aromatic carboxylic acids is 1.